The minimum atomic E-state index is 0.0633. The smallest absolute Gasteiger partial charge is 0.251 e. The zero-order valence-corrected chi connectivity index (χ0v) is 18.2. The number of likely N-dealkylation sites (tertiary alicyclic amines) is 1. The second-order valence-corrected chi connectivity index (χ2v) is 9.95. The van der Waals surface area contributed by atoms with Crippen LogP contribution < -0.4 is 5.32 Å². The van der Waals surface area contributed by atoms with Gasteiger partial charge in [0.1, 0.15) is 0 Å². The maximum atomic E-state index is 12.8. The highest BCUT2D eigenvalue weighted by atomic mass is 79.9. The lowest BCUT2D eigenvalue weighted by molar-refractivity contribution is 0.0912. The first-order valence-corrected chi connectivity index (χ1v) is 12.5. The maximum Gasteiger partial charge on any atom is 0.251 e. The van der Waals surface area contributed by atoms with Crippen molar-refractivity contribution < 1.29 is 4.79 Å². The van der Waals surface area contributed by atoms with Crippen molar-refractivity contribution in [1.82, 2.24) is 10.2 Å². The van der Waals surface area contributed by atoms with Crippen molar-refractivity contribution in [1.29, 1.82) is 0 Å². The Bertz CT molecular complexity index is 586. The Kier molecular flexibility index (Phi) is 6.80. The molecule has 1 saturated carbocycles. The number of benzene rings is 1. The quantitative estimate of drug-likeness (QED) is 0.523. The molecule has 1 aliphatic carbocycles. The fourth-order valence-electron chi connectivity index (χ4n) is 4.20. The molecule has 1 aromatic carbocycles. The van der Waals surface area contributed by atoms with E-state index in [0.29, 0.717) is 6.04 Å². The van der Waals surface area contributed by atoms with Crippen LogP contribution in [-0.4, -0.2) is 52.6 Å². The van der Waals surface area contributed by atoms with Gasteiger partial charge in [-0.3, -0.25) is 9.69 Å². The Balaban J connectivity index is 1.76. The molecule has 0 radical (unpaired) electrons. The molecular weight excluding hydrogens is 416 g/mol. The first-order valence-electron chi connectivity index (χ1n) is 8.93. The standard InChI is InChI=1S/C19H27BrN2OS2/c1-24-19(25-2)10-9-16(17(19)22-11-3-4-12-22)21-18(23)15-7-5-14(13-20)6-8-15/h5-8,16-17H,3-4,9-13H2,1-2H3,(H,21,23). The minimum absolute atomic E-state index is 0.0633. The average Bonchev–Trinajstić information content (AvgIpc) is 3.29. The van der Waals surface area contributed by atoms with Gasteiger partial charge >= 0.3 is 0 Å². The molecule has 1 aromatic rings. The molecule has 2 atom stereocenters. The third-order valence-electron chi connectivity index (χ3n) is 5.55. The lowest BCUT2D eigenvalue weighted by Crippen LogP contribution is -2.54. The second kappa shape index (κ2) is 8.68. The van der Waals surface area contributed by atoms with Crippen LogP contribution in [0.4, 0.5) is 0 Å². The van der Waals surface area contributed by atoms with Crippen LogP contribution in [0, 0.1) is 0 Å². The monoisotopic (exact) mass is 442 g/mol. The number of carbonyl (C=O) groups is 1. The van der Waals surface area contributed by atoms with Gasteiger partial charge in [0.25, 0.3) is 5.91 Å². The summed E-state index contributed by atoms with van der Waals surface area (Å²) < 4.78 is 0.197. The van der Waals surface area contributed by atoms with Crippen molar-refractivity contribution in [2.24, 2.45) is 0 Å². The molecule has 0 spiro atoms. The summed E-state index contributed by atoms with van der Waals surface area (Å²) in [6, 6.07) is 8.56. The van der Waals surface area contributed by atoms with E-state index in [2.05, 4.69) is 38.7 Å². The summed E-state index contributed by atoms with van der Waals surface area (Å²) in [6.45, 7) is 2.33. The third kappa shape index (κ3) is 4.07. The fourth-order valence-corrected chi connectivity index (χ4v) is 6.99. The first kappa shape index (κ1) is 19.6. The second-order valence-electron chi connectivity index (χ2n) is 6.86. The van der Waals surface area contributed by atoms with Gasteiger partial charge in [-0.1, -0.05) is 28.1 Å². The van der Waals surface area contributed by atoms with E-state index >= 15 is 0 Å². The van der Waals surface area contributed by atoms with Crippen LogP contribution in [-0.2, 0) is 5.33 Å². The van der Waals surface area contributed by atoms with Crippen LogP contribution in [0.5, 0.6) is 0 Å². The molecule has 2 fully saturated rings. The first-order chi connectivity index (χ1) is 12.1. The molecule has 1 amide bonds. The zero-order valence-electron chi connectivity index (χ0n) is 15.0. The molecule has 3 rings (SSSR count). The van der Waals surface area contributed by atoms with Crippen molar-refractivity contribution >= 4 is 45.4 Å². The van der Waals surface area contributed by atoms with Crippen molar-refractivity contribution in [2.75, 3.05) is 25.6 Å². The number of nitrogens with zero attached hydrogens (tertiary/aromatic N) is 1. The van der Waals surface area contributed by atoms with E-state index in [0.717, 1.165) is 23.7 Å². The fraction of sp³-hybridized carbons (Fsp3) is 0.632. The maximum absolute atomic E-state index is 12.8. The Morgan fingerprint density at radius 3 is 2.44 bits per heavy atom. The van der Waals surface area contributed by atoms with Crippen LogP contribution in [0.1, 0.15) is 41.6 Å². The number of hydrogen-bond acceptors (Lipinski definition) is 4. The average molecular weight is 443 g/mol. The van der Waals surface area contributed by atoms with Crippen molar-refractivity contribution in [3.63, 3.8) is 0 Å². The highest BCUT2D eigenvalue weighted by molar-refractivity contribution is 9.08. The van der Waals surface area contributed by atoms with Crippen molar-refractivity contribution in [3.8, 4) is 0 Å². The summed E-state index contributed by atoms with van der Waals surface area (Å²) in [5, 5.41) is 4.18. The molecule has 1 heterocycles. The summed E-state index contributed by atoms with van der Waals surface area (Å²) in [5.41, 5.74) is 1.95. The summed E-state index contributed by atoms with van der Waals surface area (Å²) >= 11 is 7.40. The van der Waals surface area contributed by atoms with Crippen LogP contribution >= 0.6 is 39.5 Å². The topological polar surface area (TPSA) is 32.3 Å². The normalized spacial score (nSPS) is 26.0. The number of hydrogen-bond donors (Lipinski definition) is 1. The van der Waals surface area contributed by atoms with Crippen LogP contribution in [0.15, 0.2) is 24.3 Å². The number of nitrogens with one attached hydrogen (secondary N) is 1. The van der Waals surface area contributed by atoms with E-state index in [-0.39, 0.29) is 16.0 Å². The Morgan fingerprint density at radius 1 is 1.24 bits per heavy atom. The van der Waals surface area contributed by atoms with E-state index < -0.39 is 0 Å². The number of carbonyl (C=O) groups excluding carboxylic acids is 1. The number of amides is 1. The van der Waals surface area contributed by atoms with Crippen LogP contribution in [0.2, 0.25) is 0 Å². The zero-order chi connectivity index (χ0) is 17.9. The molecule has 6 heteroatoms. The Hall–Kier alpha value is -0.170. The van der Waals surface area contributed by atoms with Gasteiger partial charge in [-0.15, -0.1) is 23.5 Å². The number of thioether (sulfide) groups is 2. The molecular formula is C19H27BrN2OS2. The Labute approximate surface area is 168 Å². The SMILES string of the molecule is CSC1(SC)CCC(NC(=O)c2ccc(CBr)cc2)C1N1CCCC1. The molecule has 1 N–H and O–H groups in total. The summed E-state index contributed by atoms with van der Waals surface area (Å²) in [5.74, 6) is 0.0633. The highest BCUT2D eigenvalue weighted by Gasteiger charge is 2.51. The largest absolute Gasteiger partial charge is 0.348 e. The Morgan fingerprint density at radius 2 is 1.88 bits per heavy atom. The van der Waals surface area contributed by atoms with E-state index in [1.807, 2.05) is 47.8 Å². The van der Waals surface area contributed by atoms with E-state index in [9.17, 15) is 4.79 Å². The predicted molar refractivity (Wildman–Crippen MR) is 114 cm³/mol. The van der Waals surface area contributed by atoms with E-state index in [1.165, 1.54) is 31.5 Å². The molecule has 1 saturated heterocycles. The van der Waals surface area contributed by atoms with Crippen LogP contribution in [0.25, 0.3) is 0 Å². The summed E-state index contributed by atoms with van der Waals surface area (Å²) in [4.78, 5) is 15.4. The van der Waals surface area contributed by atoms with Gasteiger partial charge < -0.3 is 5.32 Å². The van der Waals surface area contributed by atoms with Crippen molar-refractivity contribution in [3.05, 3.63) is 35.4 Å². The van der Waals surface area contributed by atoms with Crippen molar-refractivity contribution in [2.45, 2.75) is 47.2 Å². The third-order valence-corrected chi connectivity index (χ3v) is 9.47. The van der Waals surface area contributed by atoms with Gasteiger partial charge in [0.15, 0.2) is 0 Å². The summed E-state index contributed by atoms with van der Waals surface area (Å²) in [7, 11) is 0. The molecule has 0 aromatic heterocycles. The van der Waals surface area contributed by atoms with Crippen LogP contribution in [0.3, 0.4) is 0 Å². The molecule has 25 heavy (non-hydrogen) atoms. The van der Waals surface area contributed by atoms with Gasteiger partial charge in [-0.2, -0.15) is 0 Å². The van der Waals surface area contributed by atoms with Gasteiger partial charge in [0.2, 0.25) is 0 Å². The van der Waals surface area contributed by atoms with Gasteiger partial charge in [0, 0.05) is 16.9 Å². The summed E-state index contributed by atoms with van der Waals surface area (Å²) in [6.07, 6.45) is 9.23. The lowest BCUT2D eigenvalue weighted by atomic mass is 10.1. The molecule has 0 bridgehead atoms. The lowest BCUT2D eigenvalue weighted by Gasteiger charge is -2.40. The molecule has 3 nitrogen and oxygen atoms in total. The van der Waals surface area contributed by atoms with Gasteiger partial charge in [0.05, 0.1) is 10.1 Å². The number of halogens is 1. The molecule has 1 aliphatic heterocycles. The highest BCUT2D eigenvalue weighted by Crippen LogP contribution is 2.50. The van der Waals surface area contributed by atoms with E-state index in [1.54, 1.807) is 0 Å². The van der Waals surface area contributed by atoms with Gasteiger partial charge in [-0.25, -0.2) is 0 Å². The number of rotatable bonds is 6. The van der Waals surface area contributed by atoms with Gasteiger partial charge in [-0.05, 0) is 69.0 Å². The molecule has 2 aliphatic rings. The minimum Gasteiger partial charge on any atom is -0.348 e. The van der Waals surface area contributed by atoms with E-state index in [4.69, 9.17) is 0 Å². The molecule has 2 unspecified atom stereocenters. The predicted octanol–water partition coefficient (Wildman–Crippen LogP) is 4.36. The molecule has 138 valence electrons. The number of alkyl halides is 1.